The van der Waals surface area contributed by atoms with E-state index in [0.29, 0.717) is 18.0 Å². The number of hydrogen-bond acceptors (Lipinski definition) is 4. The number of halogens is 2. The van der Waals surface area contributed by atoms with E-state index in [9.17, 15) is 13.6 Å². The summed E-state index contributed by atoms with van der Waals surface area (Å²) in [5.41, 5.74) is 0.350. The molecule has 1 aromatic rings. The molecular formula is C15H20F2N2O3. The zero-order valence-electron chi connectivity index (χ0n) is 12.4. The van der Waals surface area contributed by atoms with Crippen molar-refractivity contribution in [1.82, 2.24) is 10.6 Å². The number of alkyl halides is 2. The van der Waals surface area contributed by atoms with Crippen LogP contribution in [0.4, 0.5) is 8.78 Å². The van der Waals surface area contributed by atoms with Crippen LogP contribution in [0.1, 0.15) is 23.2 Å². The highest BCUT2D eigenvalue weighted by Crippen LogP contribution is 2.29. The van der Waals surface area contributed by atoms with Crippen molar-refractivity contribution in [3.63, 3.8) is 0 Å². The molecule has 0 radical (unpaired) electrons. The molecule has 7 heteroatoms. The maximum absolute atomic E-state index is 12.2. The van der Waals surface area contributed by atoms with Gasteiger partial charge >= 0.3 is 6.61 Å². The van der Waals surface area contributed by atoms with E-state index < -0.39 is 6.61 Å². The maximum Gasteiger partial charge on any atom is 0.387 e. The lowest BCUT2D eigenvalue weighted by Crippen LogP contribution is -2.26. The molecule has 0 saturated carbocycles. The number of rotatable bonds is 7. The predicted molar refractivity (Wildman–Crippen MR) is 77.6 cm³/mol. The quantitative estimate of drug-likeness (QED) is 0.808. The Bertz CT molecular complexity index is 506. The highest BCUT2D eigenvalue weighted by Gasteiger charge is 2.16. The Labute approximate surface area is 128 Å². The molecule has 122 valence electrons. The molecule has 1 unspecified atom stereocenters. The predicted octanol–water partition coefficient (Wildman–Crippen LogP) is 2.03. The molecule has 5 nitrogen and oxygen atoms in total. The molecule has 1 fully saturated rings. The molecule has 0 spiro atoms. The Balaban J connectivity index is 1.91. The molecule has 1 saturated heterocycles. The van der Waals surface area contributed by atoms with Gasteiger partial charge in [-0.3, -0.25) is 4.79 Å². The van der Waals surface area contributed by atoms with E-state index in [1.165, 1.54) is 25.3 Å². The van der Waals surface area contributed by atoms with E-state index in [1.807, 2.05) is 0 Å². The second-order valence-electron chi connectivity index (χ2n) is 5.15. The monoisotopic (exact) mass is 314 g/mol. The first-order chi connectivity index (χ1) is 10.6. The second kappa shape index (κ2) is 7.93. The van der Waals surface area contributed by atoms with Crippen LogP contribution in [0, 0.1) is 5.92 Å². The van der Waals surface area contributed by atoms with E-state index in [1.54, 1.807) is 0 Å². The van der Waals surface area contributed by atoms with E-state index in [2.05, 4.69) is 15.4 Å². The molecule has 1 atom stereocenters. The van der Waals surface area contributed by atoms with Crippen molar-refractivity contribution in [2.45, 2.75) is 19.5 Å². The van der Waals surface area contributed by atoms with E-state index in [-0.39, 0.29) is 17.4 Å². The van der Waals surface area contributed by atoms with Crippen LogP contribution < -0.4 is 20.1 Å². The number of amides is 1. The van der Waals surface area contributed by atoms with Crippen LogP contribution in [-0.4, -0.2) is 39.3 Å². The second-order valence-corrected chi connectivity index (χ2v) is 5.15. The minimum absolute atomic E-state index is 0.0916. The number of ether oxygens (including phenoxy) is 2. The lowest BCUT2D eigenvalue weighted by molar-refractivity contribution is -0.0512. The van der Waals surface area contributed by atoms with Gasteiger partial charge in [-0.15, -0.1) is 0 Å². The number of carbonyl (C=O) groups is 1. The third-order valence-corrected chi connectivity index (χ3v) is 3.64. The fourth-order valence-electron chi connectivity index (χ4n) is 2.45. The summed E-state index contributed by atoms with van der Waals surface area (Å²) >= 11 is 0. The normalized spacial score (nSPS) is 17.5. The van der Waals surface area contributed by atoms with Gasteiger partial charge in [0.25, 0.3) is 5.91 Å². The topological polar surface area (TPSA) is 59.6 Å². The summed E-state index contributed by atoms with van der Waals surface area (Å²) in [6.07, 6.45) is 2.05. The van der Waals surface area contributed by atoms with Crippen LogP contribution in [0.5, 0.6) is 11.5 Å². The highest BCUT2D eigenvalue weighted by atomic mass is 19.3. The van der Waals surface area contributed by atoms with Gasteiger partial charge in [0.2, 0.25) is 0 Å². The summed E-state index contributed by atoms with van der Waals surface area (Å²) in [7, 11) is 1.34. The van der Waals surface area contributed by atoms with Gasteiger partial charge in [-0.2, -0.15) is 8.78 Å². The van der Waals surface area contributed by atoms with Crippen molar-refractivity contribution in [2.75, 3.05) is 26.7 Å². The van der Waals surface area contributed by atoms with Crippen molar-refractivity contribution >= 4 is 5.91 Å². The number of hydrogen-bond donors (Lipinski definition) is 2. The van der Waals surface area contributed by atoms with Gasteiger partial charge in [0.15, 0.2) is 11.5 Å². The summed E-state index contributed by atoms with van der Waals surface area (Å²) in [5.74, 6) is 0.350. The summed E-state index contributed by atoms with van der Waals surface area (Å²) in [6.45, 7) is -0.332. The number of carbonyl (C=O) groups excluding carboxylic acids is 1. The zero-order chi connectivity index (χ0) is 15.9. The van der Waals surface area contributed by atoms with Gasteiger partial charge in [0.1, 0.15) is 0 Å². The SMILES string of the molecule is COc1cc(C(=O)NCCC2CCNC2)ccc1OC(F)F. The molecule has 0 bridgehead atoms. The molecule has 1 aromatic carbocycles. The highest BCUT2D eigenvalue weighted by molar-refractivity contribution is 5.94. The van der Waals surface area contributed by atoms with Crippen LogP contribution in [-0.2, 0) is 0 Å². The molecule has 0 aliphatic carbocycles. The van der Waals surface area contributed by atoms with Gasteiger partial charge in [-0.25, -0.2) is 0 Å². The number of nitrogens with one attached hydrogen (secondary N) is 2. The van der Waals surface area contributed by atoms with E-state index in [4.69, 9.17) is 4.74 Å². The molecular weight excluding hydrogens is 294 g/mol. The van der Waals surface area contributed by atoms with Crippen LogP contribution in [0.25, 0.3) is 0 Å². The molecule has 1 aliphatic heterocycles. The van der Waals surface area contributed by atoms with E-state index >= 15 is 0 Å². The summed E-state index contributed by atoms with van der Waals surface area (Å²) < 4.78 is 33.8. The minimum Gasteiger partial charge on any atom is -0.493 e. The van der Waals surface area contributed by atoms with Crippen molar-refractivity contribution in [1.29, 1.82) is 0 Å². The molecule has 0 aromatic heterocycles. The van der Waals surface area contributed by atoms with E-state index in [0.717, 1.165) is 25.9 Å². The van der Waals surface area contributed by atoms with Crippen LogP contribution in [0.15, 0.2) is 18.2 Å². The van der Waals surface area contributed by atoms with Gasteiger partial charge in [-0.1, -0.05) is 0 Å². The average Bonchev–Trinajstić information content (AvgIpc) is 3.00. The summed E-state index contributed by atoms with van der Waals surface area (Å²) in [5, 5.41) is 6.10. The first-order valence-electron chi connectivity index (χ1n) is 7.22. The molecule has 2 rings (SSSR count). The van der Waals surface area contributed by atoms with Gasteiger partial charge < -0.3 is 20.1 Å². The number of benzene rings is 1. The molecule has 1 aliphatic rings. The van der Waals surface area contributed by atoms with Crippen molar-refractivity contribution in [2.24, 2.45) is 5.92 Å². The fraction of sp³-hybridized carbons (Fsp3) is 0.533. The third-order valence-electron chi connectivity index (χ3n) is 3.64. The zero-order valence-corrected chi connectivity index (χ0v) is 12.4. The Kier molecular flexibility index (Phi) is 5.94. The van der Waals surface area contributed by atoms with Crippen LogP contribution in [0.2, 0.25) is 0 Å². The smallest absolute Gasteiger partial charge is 0.387 e. The minimum atomic E-state index is -2.94. The maximum atomic E-state index is 12.2. The Morgan fingerprint density at radius 1 is 1.45 bits per heavy atom. The van der Waals surface area contributed by atoms with Gasteiger partial charge in [0.05, 0.1) is 7.11 Å². The largest absolute Gasteiger partial charge is 0.493 e. The fourth-order valence-corrected chi connectivity index (χ4v) is 2.45. The van der Waals surface area contributed by atoms with Crippen molar-refractivity contribution < 1.29 is 23.0 Å². The van der Waals surface area contributed by atoms with Gasteiger partial charge in [-0.05, 0) is 50.0 Å². The summed E-state index contributed by atoms with van der Waals surface area (Å²) in [4.78, 5) is 12.0. The molecule has 2 N–H and O–H groups in total. The number of methoxy groups -OCH3 is 1. The first-order valence-corrected chi connectivity index (χ1v) is 7.22. The standard InChI is InChI=1S/C15H20F2N2O3/c1-21-13-8-11(2-3-12(13)22-15(16)17)14(20)19-7-5-10-4-6-18-9-10/h2-3,8,10,15,18H,4-7,9H2,1H3,(H,19,20). The molecule has 22 heavy (non-hydrogen) atoms. The van der Waals surface area contributed by atoms with Crippen molar-refractivity contribution in [3.8, 4) is 11.5 Å². The summed E-state index contributed by atoms with van der Waals surface area (Å²) in [6, 6.07) is 4.14. The lowest BCUT2D eigenvalue weighted by Gasteiger charge is -2.12. The lowest BCUT2D eigenvalue weighted by atomic mass is 10.1. The molecule has 1 heterocycles. The third kappa shape index (κ3) is 4.56. The molecule has 1 amide bonds. The van der Waals surface area contributed by atoms with Crippen LogP contribution in [0.3, 0.4) is 0 Å². The average molecular weight is 314 g/mol. The van der Waals surface area contributed by atoms with Gasteiger partial charge in [0, 0.05) is 12.1 Å². The first kappa shape index (κ1) is 16.5. The van der Waals surface area contributed by atoms with Crippen LogP contribution >= 0.6 is 0 Å². The Morgan fingerprint density at radius 2 is 2.27 bits per heavy atom. The van der Waals surface area contributed by atoms with Crippen molar-refractivity contribution in [3.05, 3.63) is 23.8 Å². The Hall–Kier alpha value is -1.89. The Morgan fingerprint density at radius 3 is 2.91 bits per heavy atom.